The molecule has 0 aliphatic carbocycles. The van der Waals surface area contributed by atoms with E-state index in [-0.39, 0.29) is 114 Å². The number of ether oxygens (including phenoxy) is 2. The van der Waals surface area contributed by atoms with Gasteiger partial charge in [-0.05, 0) is 26.2 Å². The summed E-state index contributed by atoms with van der Waals surface area (Å²) in [7, 11) is -5.42. The number of esters is 2. The van der Waals surface area contributed by atoms with E-state index in [0.29, 0.717) is 6.42 Å². The molecule has 154 valence electrons. The van der Waals surface area contributed by atoms with Crippen molar-refractivity contribution in [2.24, 2.45) is 0 Å². The Kier molecular flexibility index (Phi) is 25.6. The van der Waals surface area contributed by atoms with Gasteiger partial charge in [-0.2, -0.15) is 0 Å². The maximum Gasteiger partial charge on any atom is 1.00 e. The van der Waals surface area contributed by atoms with Gasteiger partial charge in [0.25, 0.3) is 0 Å². The second-order valence-corrected chi connectivity index (χ2v) is 8.64. The second-order valence-electron chi connectivity index (χ2n) is 6.62. The minimum absolute atomic E-state index is 0. The fourth-order valence-electron chi connectivity index (χ4n) is 2.72. The minimum Gasteiger partial charge on any atom is -0.881 e. The molecule has 29 heavy (non-hydrogen) atoms. The Hall–Kier alpha value is 1.96. The summed E-state index contributed by atoms with van der Waals surface area (Å²) in [6.07, 6.45) is -3.90. The van der Waals surface area contributed by atoms with Crippen molar-refractivity contribution in [3.8, 4) is 0 Å². The van der Waals surface area contributed by atoms with Crippen molar-refractivity contribution in [2.45, 2.75) is 89.8 Å². The predicted molar refractivity (Wildman–Crippen MR) is 87.1 cm³/mol. The molecule has 2 N–H and O–H groups in total. The minimum atomic E-state index is -5.42. The summed E-state index contributed by atoms with van der Waals surface area (Å²) < 4.78 is 10.0. The molecule has 0 aromatic carbocycles. The number of carbonyl (C=O) groups is 2. The summed E-state index contributed by atoms with van der Waals surface area (Å²) in [5, 5.41) is 19.2. The molecule has 0 rings (SSSR count). The van der Waals surface area contributed by atoms with Crippen LogP contribution in [0.2, 0.25) is 5.54 Å². The van der Waals surface area contributed by atoms with Crippen molar-refractivity contribution >= 4 is 20.7 Å². The van der Waals surface area contributed by atoms with E-state index < -0.39 is 50.7 Å². The van der Waals surface area contributed by atoms with Crippen molar-refractivity contribution in [2.75, 3.05) is 0 Å². The molecular weight excluding hydrogens is 433 g/mol. The number of aliphatic hydroxyl groups is 2. The molecule has 0 aliphatic rings. The average Bonchev–Trinajstić information content (AvgIpc) is 2.43. The average molecular weight is 462 g/mol. The number of hydrogen-bond acceptors (Lipinski definition) is 9. The van der Waals surface area contributed by atoms with Gasteiger partial charge in [0, 0.05) is 26.7 Å². The topological polar surface area (TPSA) is 162 Å². The smallest absolute Gasteiger partial charge is 0.881 e. The van der Waals surface area contributed by atoms with Gasteiger partial charge in [0.15, 0.2) is 0 Å². The number of hydrogen-bond donors (Lipinski definition) is 2. The molecule has 0 amide bonds. The molecule has 5 atom stereocenters. The van der Waals surface area contributed by atoms with Crippen LogP contribution in [0.5, 0.6) is 0 Å². The third-order valence-electron chi connectivity index (χ3n) is 3.87. The van der Waals surface area contributed by atoms with Crippen molar-refractivity contribution in [1.82, 2.24) is 0 Å². The molecule has 0 saturated carbocycles. The van der Waals surface area contributed by atoms with Crippen LogP contribution < -0.4 is 103 Å². The monoisotopic (exact) mass is 462 g/mol. The van der Waals surface area contributed by atoms with Crippen LogP contribution in [0.3, 0.4) is 0 Å². The Balaban J connectivity index is -0.00000104. The Morgan fingerprint density at radius 3 is 1.52 bits per heavy atom. The van der Waals surface area contributed by atoms with Crippen LogP contribution in [0.25, 0.3) is 0 Å². The molecule has 0 heterocycles. The third-order valence-corrected chi connectivity index (χ3v) is 5.34. The second kappa shape index (κ2) is 19.4. The first-order chi connectivity index (χ1) is 11.8. The van der Waals surface area contributed by atoms with Crippen LogP contribution in [0.4, 0.5) is 0 Å². The van der Waals surface area contributed by atoms with Gasteiger partial charge < -0.3 is 34.1 Å². The maximum absolute atomic E-state index is 11.7. The Bertz CT molecular complexity index is 450. The summed E-state index contributed by atoms with van der Waals surface area (Å²) in [4.78, 5) is 57.6. The number of carbonyl (C=O) groups excluding carboxylic acids is 2. The van der Waals surface area contributed by atoms with Crippen LogP contribution in [0, 0.1) is 0 Å². The molecule has 0 radical (unpaired) electrons. The van der Waals surface area contributed by atoms with Gasteiger partial charge in [0.05, 0.1) is 12.2 Å². The summed E-state index contributed by atoms with van der Waals surface area (Å²) in [5.41, 5.74) is -1.45. The first-order valence-electron chi connectivity index (χ1n) is 8.66. The molecule has 0 bridgehead atoms. The zero-order valence-corrected chi connectivity index (χ0v) is 25.7. The normalized spacial score (nSPS) is 15.9. The van der Waals surface area contributed by atoms with E-state index in [1.807, 2.05) is 0 Å². The quantitative estimate of drug-likeness (QED) is 0.212. The zero-order chi connectivity index (χ0) is 20.5. The predicted octanol–water partition coefficient (Wildman–Crippen LogP) is -11.0. The molecule has 0 spiro atoms. The van der Waals surface area contributed by atoms with Crippen LogP contribution >= 0.6 is 0 Å². The molecule has 0 aliphatic heterocycles. The van der Waals surface area contributed by atoms with Crippen LogP contribution in [0.1, 0.15) is 59.8 Å². The summed E-state index contributed by atoms with van der Waals surface area (Å²) in [6, 6.07) is 0. The van der Waals surface area contributed by atoms with Crippen molar-refractivity contribution < 1.29 is 132 Å². The van der Waals surface area contributed by atoms with E-state index in [4.69, 9.17) is 9.47 Å². The molecule has 9 nitrogen and oxygen atoms in total. The summed E-state index contributed by atoms with van der Waals surface area (Å²) >= 11 is 0. The molecule has 0 saturated heterocycles. The van der Waals surface area contributed by atoms with Gasteiger partial charge in [-0.15, -0.1) is 0 Å². The maximum atomic E-state index is 11.7. The Morgan fingerprint density at radius 1 is 0.862 bits per heavy atom. The van der Waals surface area contributed by atoms with Gasteiger partial charge in [0.1, 0.15) is 12.2 Å². The van der Waals surface area contributed by atoms with Crippen molar-refractivity contribution in [1.29, 1.82) is 0 Å². The number of aliphatic hydroxyl groups excluding tert-OH is 2. The van der Waals surface area contributed by atoms with Gasteiger partial charge in [-0.3, -0.25) is 18.4 Å². The van der Waals surface area contributed by atoms with Crippen molar-refractivity contribution in [3.63, 3.8) is 0 Å². The van der Waals surface area contributed by atoms with E-state index in [1.165, 1.54) is 6.92 Å². The van der Waals surface area contributed by atoms with E-state index in [0.717, 1.165) is 13.8 Å². The van der Waals surface area contributed by atoms with Gasteiger partial charge in [-0.1, -0.05) is 12.5 Å². The summed E-state index contributed by atoms with van der Waals surface area (Å²) in [6.45, 7) is 5.44. The molecule has 0 aromatic rings. The van der Waals surface area contributed by atoms with E-state index in [1.54, 1.807) is 6.92 Å². The van der Waals surface area contributed by atoms with Gasteiger partial charge >= 0.3 is 101 Å². The van der Waals surface area contributed by atoms with Crippen molar-refractivity contribution in [3.05, 3.63) is 0 Å². The molecule has 0 aromatic heterocycles. The zero-order valence-electron chi connectivity index (χ0n) is 18.7. The fourth-order valence-corrected chi connectivity index (χ4v) is 3.83. The van der Waals surface area contributed by atoms with Gasteiger partial charge in [0.2, 0.25) is 0 Å². The van der Waals surface area contributed by atoms with E-state index in [2.05, 4.69) is 0 Å². The fraction of sp³-hybridized carbons (Fsp3) is 0.875. The van der Waals surface area contributed by atoms with Gasteiger partial charge in [-0.25, -0.2) is 0 Å². The molecule has 5 unspecified atom stereocenters. The van der Waals surface area contributed by atoms with Crippen LogP contribution in [0.15, 0.2) is 0 Å². The molecule has 13 heteroatoms. The largest absolute Gasteiger partial charge is 1.00 e. The molecule has 0 fully saturated rings. The number of rotatable bonds is 12. The Labute approximate surface area is 240 Å². The standard InChI is InChI=1S/C16H29O9Si.3Na/c1-5-13(20)7-15(25-12(4)19)9-16(26(21,22)23)8-14(6-10(2)17)24-11(3)18;;;/h10,13-17,20H,5-9H2,1-4H3;;;/q-3;3*+1. The first kappa shape index (κ1) is 38.2. The first-order valence-corrected chi connectivity index (χ1v) is 10.5. The Morgan fingerprint density at radius 2 is 1.24 bits per heavy atom. The van der Waals surface area contributed by atoms with E-state index in [9.17, 15) is 34.2 Å². The molecular formula is C16H29Na3O9Si. The van der Waals surface area contributed by atoms with Crippen LogP contribution in [-0.4, -0.2) is 55.4 Å². The summed E-state index contributed by atoms with van der Waals surface area (Å²) in [5.74, 6) is -1.32. The van der Waals surface area contributed by atoms with Crippen LogP contribution in [-0.2, 0) is 19.1 Å². The SMILES string of the molecule is CCC(O)CC(CC(CC(CC(C)O)OC(C)=O)[Si]([O-])([O-])[O-])OC(C)=O.[Na+].[Na+].[Na+]. The third kappa shape index (κ3) is 20.3. The van der Waals surface area contributed by atoms with E-state index >= 15 is 0 Å².